The molecule has 1 atom stereocenters. The largest absolute Gasteiger partial charge is 0.507 e. The summed E-state index contributed by atoms with van der Waals surface area (Å²) in [5, 5.41) is 18.4. The molecule has 2 aromatic carbocycles. The van der Waals surface area contributed by atoms with Crippen LogP contribution in [0.3, 0.4) is 0 Å². The van der Waals surface area contributed by atoms with Gasteiger partial charge in [0.2, 0.25) is 0 Å². The number of hydrogen-bond acceptors (Lipinski definition) is 6. The lowest BCUT2D eigenvalue weighted by Crippen LogP contribution is -2.32. The van der Waals surface area contributed by atoms with E-state index in [1.54, 1.807) is 43.4 Å². The summed E-state index contributed by atoms with van der Waals surface area (Å²) >= 11 is 6.35. The zero-order valence-electron chi connectivity index (χ0n) is 19.2. The first kappa shape index (κ1) is 23.7. The predicted octanol–water partition coefficient (Wildman–Crippen LogP) is 4.51. The third-order valence-electron chi connectivity index (χ3n) is 5.79. The highest BCUT2D eigenvalue weighted by Gasteiger charge is 2.42. The summed E-state index contributed by atoms with van der Waals surface area (Å²) in [6.07, 6.45) is 1.65. The van der Waals surface area contributed by atoms with Crippen LogP contribution in [0.1, 0.15) is 33.2 Å². The molecule has 1 aliphatic heterocycles. The smallest absolute Gasteiger partial charge is 0.273 e. The number of aromatic amines is 1. The molecule has 0 saturated heterocycles. The van der Waals surface area contributed by atoms with Crippen molar-refractivity contribution in [2.45, 2.75) is 13.0 Å². The van der Waals surface area contributed by atoms with Gasteiger partial charge in [0.1, 0.15) is 23.7 Å². The van der Waals surface area contributed by atoms with Gasteiger partial charge in [0, 0.05) is 29.8 Å². The third kappa shape index (κ3) is 4.10. The number of benzene rings is 2. The molecule has 2 N–H and O–H groups in total. The Kier molecular flexibility index (Phi) is 6.81. The van der Waals surface area contributed by atoms with Crippen LogP contribution < -0.4 is 9.47 Å². The molecule has 9 heteroatoms. The molecule has 34 heavy (non-hydrogen) atoms. The van der Waals surface area contributed by atoms with Crippen molar-refractivity contribution in [3.05, 3.63) is 70.4 Å². The second-order valence-electron chi connectivity index (χ2n) is 7.88. The minimum atomic E-state index is -0.492. The number of aromatic hydroxyl groups is 1. The number of H-pyrrole nitrogens is 1. The van der Waals surface area contributed by atoms with Gasteiger partial charge in [-0.3, -0.25) is 9.89 Å². The van der Waals surface area contributed by atoms with Gasteiger partial charge in [-0.05, 0) is 42.3 Å². The number of ether oxygens (including phenoxy) is 3. The van der Waals surface area contributed by atoms with Crippen molar-refractivity contribution < 1.29 is 24.1 Å². The van der Waals surface area contributed by atoms with E-state index in [1.807, 2.05) is 19.1 Å². The molecule has 8 nitrogen and oxygen atoms in total. The van der Waals surface area contributed by atoms with E-state index in [4.69, 9.17) is 25.8 Å². The number of aryl methyl sites for hydroxylation is 1. The second kappa shape index (κ2) is 9.79. The summed E-state index contributed by atoms with van der Waals surface area (Å²) < 4.78 is 16.5. The van der Waals surface area contributed by atoms with Crippen molar-refractivity contribution in [2.24, 2.45) is 0 Å². The Balaban J connectivity index is 1.87. The Hall–Kier alpha value is -3.49. The van der Waals surface area contributed by atoms with Gasteiger partial charge < -0.3 is 24.2 Å². The Morgan fingerprint density at radius 1 is 1.26 bits per heavy atom. The fourth-order valence-corrected chi connectivity index (χ4v) is 4.31. The van der Waals surface area contributed by atoms with Crippen molar-refractivity contribution in [3.8, 4) is 28.5 Å². The maximum Gasteiger partial charge on any atom is 0.273 e. The number of nitrogens with zero attached hydrogens (tertiary/aromatic N) is 2. The summed E-state index contributed by atoms with van der Waals surface area (Å²) in [7, 11) is 3.15. The van der Waals surface area contributed by atoms with Crippen molar-refractivity contribution in [3.63, 3.8) is 0 Å². The summed E-state index contributed by atoms with van der Waals surface area (Å²) in [6, 6.07) is 8.27. The first-order valence-electron chi connectivity index (χ1n) is 10.7. The van der Waals surface area contributed by atoms with E-state index in [0.29, 0.717) is 58.8 Å². The van der Waals surface area contributed by atoms with Crippen LogP contribution in [0, 0.1) is 6.92 Å². The average Bonchev–Trinajstić information content (AvgIpc) is 3.37. The van der Waals surface area contributed by atoms with E-state index in [-0.39, 0.29) is 11.7 Å². The molecule has 0 fully saturated rings. The van der Waals surface area contributed by atoms with Gasteiger partial charge in [-0.15, -0.1) is 0 Å². The van der Waals surface area contributed by atoms with Crippen LogP contribution in [0.2, 0.25) is 5.02 Å². The van der Waals surface area contributed by atoms with E-state index >= 15 is 0 Å². The van der Waals surface area contributed by atoms with E-state index < -0.39 is 6.04 Å². The minimum absolute atomic E-state index is 0.0310. The van der Waals surface area contributed by atoms with Crippen LogP contribution in [-0.4, -0.2) is 60.1 Å². The monoisotopic (exact) mass is 483 g/mol. The number of rotatable bonds is 9. The van der Waals surface area contributed by atoms with Crippen molar-refractivity contribution in [1.82, 2.24) is 15.1 Å². The molecule has 4 rings (SSSR count). The number of aromatic nitrogens is 2. The molecule has 1 aromatic heterocycles. The maximum absolute atomic E-state index is 13.3. The van der Waals surface area contributed by atoms with E-state index in [1.165, 1.54) is 0 Å². The number of amides is 1. The lowest BCUT2D eigenvalue weighted by Gasteiger charge is -2.26. The number of hydrogen-bond donors (Lipinski definition) is 2. The van der Waals surface area contributed by atoms with Crippen molar-refractivity contribution in [1.29, 1.82) is 0 Å². The molecule has 0 aliphatic carbocycles. The summed E-state index contributed by atoms with van der Waals surface area (Å²) in [4.78, 5) is 15.1. The second-order valence-corrected chi connectivity index (χ2v) is 8.29. The van der Waals surface area contributed by atoms with Crippen LogP contribution in [-0.2, 0) is 4.74 Å². The fourth-order valence-electron chi connectivity index (χ4n) is 4.15. The molecular formula is C25H26ClN3O5. The maximum atomic E-state index is 13.3. The number of fused-ring (bicyclic) bond motifs is 1. The minimum Gasteiger partial charge on any atom is -0.507 e. The fraction of sp³-hybridized carbons (Fsp3) is 0.280. The lowest BCUT2D eigenvalue weighted by molar-refractivity contribution is 0.0677. The topological polar surface area (TPSA) is 96.9 Å². The Morgan fingerprint density at radius 2 is 2.06 bits per heavy atom. The van der Waals surface area contributed by atoms with Gasteiger partial charge in [0.15, 0.2) is 11.5 Å². The van der Waals surface area contributed by atoms with Crippen molar-refractivity contribution in [2.75, 3.05) is 34.0 Å². The molecule has 3 aromatic rings. The molecule has 0 saturated carbocycles. The number of carbonyl (C=O) groups excluding carboxylic acids is 1. The van der Waals surface area contributed by atoms with Gasteiger partial charge in [0.05, 0.1) is 19.8 Å². The predicted molar refractivity (Wildman–Crippen MR) is 129 cm³/mol. The van der Waals surface area contributed by atoms with Crippen LogP contribution in [0.4, 0.5) is 0 Å². The zero-order chi connectivity index (χ0) is 24.4. The molecule has 0 radical (unpaired) electrons. The lowest BCUT2D eigenvalue weighted by atomic mass is 9.95. The normalized spacial score (nSPS) is 14.9. The van der Waals surface area contributed by atoms with Gasteiger partial charge >= 0.3 is 0 Å². The molecule has 178 valence electrons. The number of carbonyl (C=O) groups is 1. The Labute approximate surface area is 202 Å². The molecule has 1 aliphatic rings. The van der Waals surface area contributed by atoms with Crippen LogP contribution in [0.25, 0.3) is 11.3 Å². The summed E-state index contributed by atoms with van der Waals surface area (Å²) in [5.74, 6) is 0.913. The first-order chi connectivity index (χ1) is 16.4. The summed E-state index contributed by atoms with van der Waals surface area (Å²) in [6.45, 7) is 6.53. The molecular weight excluding hydrogens is 458 g/mol. The van der Waals surface area contributed by atoms with Gasteiger partial charge in [-0.1, -0.05) is 30.3 Å². The Morgan fingerprint density at radius 3 is 2.76 bits per heavy atom. The Bertz CT molecular complexity index is 1240. The number of methoxy groups -OCH3 is 2. The van der Waals surface area contributed by atoms with Crippen molar-refractivity contribution >= 4 is 17.5 Å². The average molecular weight is 484 g/mol. The molecule has 1 unspecified atom stereocenters. The number of phenols is 1. The van der Waals surface area contributed by atoms with Crippen LogP contribution in [0.15, 0.2) is 43.0 Å². The number of halogens is 1. The molecule has 0 bridgehead atoms. The van der Waals surface area contributed by atoms with Gasteiger partial charge in [0.25, 0.3) is 5.91 Å². The standard InChI is InChI=1S/C25H26ClN3O5/c1-5-9-34-19-7-6-15(12-20(19)33-4)24-21-22(16-13-17(26)14(2)11-18(16)30)27-28-23(21)25(31)29(24)8-10-32-3/h5-7,11-13,24,30H,1,8-10H2,2-4H3,(H,27,28). The van der Waals surface area contributed by atoms with E-state index in [9.17, 15) is 9.90 Å². The van der Waals surface area contributed by atoms with E-state index in [2.05, 4.69) is 16.8 Å². The highest BCUT2D eigenvalue weighted by atomic mass is 35.5. The SMILES string of the molecule is C=CCOc1ccc(C2c3c(-c4cc(Cl)c(C)cc4O)n[nH]c3C(=O)N2CCOC)cc1OC. The molecule has 2 heterocycles. The first-order valence-corrected chi connectivity index (χ1v) is 11.1. The number of phenolic OH excluding ortho intramolecular Hbond substituents is 1. The van der Waals surface area contributed by atoms with Gasteiger partial charge in [-0.2, -0.15) is 5.10 Å². The van der Waals surface area contributed by atoms with Gasteiger partial charge in [-0.25, -0.2) is 0 Å². The highest BCUT2D eigenvalue weighted by Crippen LogP contribution is 2.46. The molecule has 1 amide bonds. The zero-order valence-corrected chi connectivity index (χ0v) is 20.0. The quantitative estimate of drug-likeness (QED) is 0.435. The summed E-state index contributed by atoms with van der Waals surface area (Å²) in [5.41, 5.74) is 3.45. The van der Waals surface area contributed by atoms with Crippen LogP contribution >= 0.6 is 11.6 Å². The van der Waals surface area contributed by atoms with Crippen LogP contribution in [0.5, 0.6) is 17.2 Å². The number of nitrogens with one attached hydrogen (secondary N) is 1. The highest BCUT2D eigenvalue weighted by molar-refractivity contribution is 6.31. The molecule has 0 spiro atoms. The van der Waals surface area contributed by atoms with E-state index in [0.717, 1.165) is 11.1 Å². The third-order valence-corrected chi connectivity index (χ3v) is 6.20.